The van der Waals surface area contributed by atoms with Crippen molar-refractivity contribution in [3.63, 3.8) is 0 Å². The van der Waals surface area contributed by atoms with Crippen LogP contribution in [-0.4, -0.2) is 19.8 Å². The second-order valence-corrected chi connectivity index (χ2v) is 5.19. The van der Waals surface area contributed by atoms with Gasteiger partial charge in [0.1, 0.15) is 11.5 Å². The molecule has 0 aliphatic heterocycles. The van der Waals surface area contributed by atoms with Crippen molar-refractivity contribution in [3.05, 3.63) is 23.7 Å². The molecule has 0 spiro atoms. The van der Waals surface area contributed by atoms with E-state index < -0.39 is 0 Å². The summed E-state index contributed by atoms with van der Waals surface area (Å²) in [6.07, 6.45) is 2.31. The van der Waals surface area contributed by atoms with Crippen molar-refractivity contribution in [3.8, 4) is 0 Å². The Labute approximate surface area is 104 Å². The minimum atomic E-state index is 0.461. The van der Waals surface area contributed by atoms with Crippen molar-refractivity contribution in [1.82, 2.24) is 5.32 Å². The largest absolute Gasteiger partial charge is 0.464 e. The van der Waals surface area contributed by atoms with Gasteiger partial charge in [-0.25, -0.2) is 0 Å². The van der Waals surface area contributed by atoms with Crippen LogP contribution in [0.3, 0.4) is 0 Å². The molecule has 96 valence electrons. The van der Waals surface area contributed by atoms with Crippen LogP contribution in [-0.2, 0) is 11.3 Å². The highest BCUT2D eigenvalue weighted by Crippen LogP contribution is 2.47. The van der Waals surface area contributed by atoms with E-state index in [0.29, 0.717) is 12.0 Å². The molecule has 1 aromatic heterocycles. The van der Waals surface area contributed by atoms with Crippen molar-refractivity contribution in [1.29, 1.82) is 0 Å². The van der Waals surface area contributed by atoms with E-state index in [2.05, 4.69) is 31.3 Å². The van der Waals surface area contributed by atoms with Gasteiger partial charge in [-0.1, -0.05) is 6.92 Å². The average Bonchev–Trinajstić information content (AvgIpc) is 2.88. The zero-order chi connectivity index (χ0) is 12.3. The van der Waals surface area contributed by atoms with Gasteiger partial charge in [0.15, 0.2) is 0 Å². The summed E-state index contributed by atoms with van der Waals surface area (Å²) < 4.78 is 10.9. The molecule has 17 heavy (non-hydrogen) atoms. The average molecular weight is 237 g/mol. The third-order valence-corrected chi connectivity index (χ3v) is 3.54. The summed E-state index contributed by atoms with van der Waals surface area (Å²) in [4.78, 5) is 0. The van der Waals surface area contributed by atoms with E-state index in [1.54, 1.807) is 7.11 Å². The molecule has 3 atom stereocenters. The fourth-order valence-electron chi connectivity index (χ4n) is 2.08. The van der Waals surface area contributed by atoms with E-state index in [9.17, 15) is 0 Å². The van der Waals surface area contributed by atoms with Gasteiger partial charge in [-0.2, -0.15) is 0 Å². The summed E-state index contributed by atoms with van der Waals surface area (Å²) >= 11 is 0. The summed E-state index contributed by atoms with van der Waals surface area (Å²) in [5.74, 6) is 3.69. The number of ether oxygens (including phenoxy) is 1. The number of rotatable bonds is 7. The van der Waals surface area contributed by atoms with Crippen LogP contribution in [0.2, 0.25) is 0 Å². The van der Waals surface area contributed by atoms with E-state index in [1.165, 1.54) is 12.2 Å². The van der Waals surface area contributed by atoms with Crippen molar-refractivity contribution < 1.29 is 9.15 Å². The van der Waals surface area contributed by atoms with Crippen molar-refractivity contribution in [2.45, 2.75) is 45.2 Å². The molecule has 0 aromatic carbocycles. The van der Waals surface area contributed by atoms with Gasteiger partial charge in [-0.3, -0.25) is 0 Å². The maximum absolute atomic E-state index is 5.84. The van der Waals surface area contributed by atoms with Gasteiger partial charge >= 0.3 is 0 Å². The van der Waals surface area contributed by atoms with Gasteiger partial charge in [0.2, 0.25) is 0 Å². The maximum Gasteiger partial charge on any atom is 0.117 e. The third-order valence-electron chi connectivity index (χ3n) is 3.54. The van der Waals surface area contributed by atoms with Gasteiger partial charge in [0, 0.05) is 25.7 Å². The van der Waals surface area contributed by atoms with E-state index >= 15 is 0 Å². The first-order valence-electron chi connectivity index (χ1n) is 6.51. The Balaban J connectivity index is 1.73. The van der Waals surface area contributed by atoms with Crippen LogP contribution in [0.4, 0.5) is 0 Å². The minimum Gasteiger partial charge on any atom is -0.464 e. The van der Waals surface area contributed by atoms with Crippen LogP contribution in [0.5, 0.6) is 0 Å². The van der Waals surface area contributed by atoms with E-state index in [4.69, 9.17) is 9.15 Å². The van der Waals surface area contributed by atoms with Crippen LogP contribution < -0.4 is 5.32 Å². The molecular weight excluding hydrogens is 214 g/mol. The van der Waals surface area contributed by atoms with Gasteiger partial charge in [-0.05, 0) is 37.8 Å². The zero-order valence-electron chi connectivity index (χ0n) is 11.0. The molecule has 3 heteroatoms. The fourth-order valence-corrected chi connectivity index (χ4v) is 2.08. The quantitative estimate of drug-likeness (QED) is 0.791. The minimum absolute atomic E-state index is 0.461. The summed E-state index contributed by atoms with van der Waals surface area (Å²) in [5, 5.41) is 3.44. The summed E-state index contributed by atoms with van der Waals surface area (Å²) in [6.45, 7) is 6.06. The van der Waals surface area contributed by atoms with Crippen molar-refractivity contribution in [2.75, 3.05) is 13.7 Å². The molecule has 0 bridgehead atoms. The molecule has 3 unspecified atom stereocenters. The molecule has 1 heterocycles. The second-order valence-electron chi connectivity index (χ2n) is 5.19. The number of hydrogen-bond donors (Lipinski definition) is 1. The second kappa shape index (κ2) is 5.69. The van der Waals surface area contributed by atoms with Gasteiger partial charge in [0.05, 0.1) is 6.54 Å². The Morgan fingerprint density at radius 2 is 2.29 bits per heavy atom. The first kappa shape index (κ1) is 12.7. The molecule has 0 radical (unpaired) electrons. The van der Waals surface area contributed by atoms with Crippen molar-refractivity contribution in [2.24, 2.45) is 5.92 Å². The van der Waals surface area contributed by atoms with E-state index in [1.807, 2.05) is 0 Å². The van der Waals surface area contributed by atoms with Gasteiger partial charge in [-0.15, -0.1) is 0 Å². The maximum atomic E-state index is 5.84. The molecule has 2 rings (SSSR count). The van der Waals surface area contributed by atoms with E-state index in [-0.39, 0.29) is 0 Å². The van der Waals surface area contributed by atoms with Crippen molar-refractivity contribution >= 4 is 0 Å². The normalized spacial score (nSPS) is 24.9. The Kier molecular flexibility index (Phi) is 4.24. The first-order chi connectivity index (χ1) is 8.20. The number of hydrogen-bond acceptors (Lipinski definition) is 3. The van der Waals surface area contributed by atoms with Crippen LogP contribution in [0, 0.1) is 5.92 Å². The molecule has 0 saturated heterocycles. The molecule has 1 N–H and O–H groups in total. The SMILES string of the molecule is COCCC(C)NCc1ccc(C2CC2C)o1. The fraction of sp³-hybridized carbons (Fsp3) is 0.714. The monoisotopic (exact) mass is 237 g/mol. The van der Waals surface area contributed by atoms with Crippen LogP contribution in [0.25, 0.3) is 0 Å². The molecule has 0 amide bonds. The third kappa shape index (κ3) is 3.58. The Bertz CT molecular complexity index is 348. The molecule has 1 saturated carbocycles. The molecule has 1 aliphatic rings. The Morgan fingerprint density at radius 3 is 2.94 bits per heavy atom. The highest BCUT2D eigenvalue weighted by molar-refractivity contribution is 5.17. The molecule has 1 aliphatic carbocycles. The van der Waals surface area contributed by atoms with Gasteiger partial charge in [0.25, 0.3) is 0 Å². The topological polar surface area (TPSA) is 34.4 Å². The number of methoxy groups -OCH3 is 1. The summed E-state index contributed by atoms with van der Waals surface area (Å²) in [6, 6.07) is 4.69. The molecule has 3 nitrogen and oxygen atoms in total. The highest BCUT2D eigenvalue weighted by Gasteiger charge is 2.36. The summed E-state index contributed by atoms with van der Waals surface area (Å²) in [7, 11) is 1.74. The first-order valence-corrected chi connectivity index (χ1v) is 6.51. The smallest absolute Gasteiger partial charge is 0.117 e. The lowest BCUT2D eigenvalue weighted by atomic mass is 10.2. The number of furan rings is 1. The van der Waals surface area contributed by atoms with Crippen LogP contribution in [0.1, 0.15) is 44.1 Å². The Morgan fingerprint density at radius 1 is 1.53 bits per heavy atom. The lowest BCUT2D eigenvalue weighted by Crippen LogP contribution is -2.26. The van der Waals surface area contributed by atoms with Crippen LogP contribution in [0.15, 0.2) is 16.5 Å². The molecule has 1 fully saturated rings. The lowest BCUT2D eigenvalue weighted by molar-refractivity contribution is 0.184. The summed E-state index contributed by atoms with van der Waals surface area (Å²) in [5.41, 5.74) is 0. The Hall–Kier alpha value is -0.800. The predicted octanol–water partition coefficient (Wildman–Crippen LogP) is 2.92. The predicted molar refractivity (Wildman–Crippen MR) is 68.0 cm³/mol. The zero-order valence-corrected chi connectivity index (χ0v) is 11.0. The van der Waals surface area contributed by atoms with E-state index in [0.717, 1.165) is 31.3 Å². The molecule has 1 aromatic rings. The lowest BCUT2D eigenvalue weighted by Gasteiger charge is -2.11. The standard InChI is InChI=1S/C14H23NO2/c1-10-8-13(10)14-5-4-12(17-14)9-15-11(2)6-7-16-3/h4-5,10-11,13,15H,6-9H2,1-3H3. The van der Waals surface area contributed by atoms with Crippen LogP contribution >= 0.6 is 0 Å². The number of nitrogens with one attached hydrogen (secondary N) is 1. The molecular formula is C14H23NO2. The highest BCUT2D eigenvalue weighted by atomic mass is 16.5. The van der Waals surface area contributed by atoms with Gasteiger partial charge < -0.3 is 14.5 Å².